The molecular weight excluding hydrogens is 478 g/mol. The van der Waals surface area contributed by atoms with Crippen molar-refractivity contribution in [2.24, 2.45) is 0 Å². The van der Waals surface area contributed by atoms with E-state index < -0.39 is 5.97 Å². The first-order valence-corrected chi connectivity index (χ1v) is 17.7. The molecule has 0 spiro atoms. The minimum Gasteiger partial charge on any atom is -0.550 e. The molecule has 0 aliphatic rings. The number of rotatable bonds is 29. The second-order valence-corrected chi connectivity index (χ2v) is 12.1. The third-order valence-corrected chi connectivity index (χ3v) is 8.09. The summed E-state index contributed by atoms with van der Waals surface area (Å²) in [4.78, 5) is 10.2. The maximum atomic E-state index is 10.2. The summed E-state index contributed by atoms with van der Waals surface area (Å²) in [6.07, 6.45) is 34.9. The van der Waals surface area contributed by atoms with Crippen molar-refractivity contribution in [3.05, 3.63) is 12.2 Å². The number of aliphatic carboxylic acids is 1. The molecule has 0 unspecified atom stereocenters. The van der Waals surface area contributed by atoms with Gasteiger partial charge in [-0.3, -0.25) is 0 Å². The van der Waals surface area contributed by atoms with E-state index in [0.29, 0.717) is 0 Å². The second kappa shape index (κ2) is 33.4. The fraction of sp³-hybridized carbons (Fsp3) is 0.917. The summed E-state index contributed by atoms with van der Waals surface area (Å²) < 4.78 is 1.43. The van der Waals surface area contributed by atoms with Crippen molar-refractivity contribution in [2.45, 2.75) is 189 Å². The fourth-order valence-corrected chi connectivity index (χ4v) is 5.37. The lowest BCUT2D eigenvalue weighted by atomic mass is 10.1. The Morgan fingerprint density at radius 2 is 0.795 bits per heavy atom. The number of hydrogen-bond donors (Lipinski definition) is 0. The van der Waals surface area contributed by atoms with Crippen LogP contribution in [0.4, 0.5) is 0 Å². The normalized spacial score (nSPS) is 11.6. The smallest absolute Gasteiger partial charge is 0.0786 e. The van der Waals surface area contributed by atoms with Gasteiger partial charge in [-0.1, -0.05) is 130 Å². The van der Waals surface area contributed by atoms with Crippen molar-refractivity contribution in [1.29, 1.82) is 0 Å². The topological polar surface area (TPSA) is 40.1 Å². The highest BCUT2D eigenvalue weighted by atomic mass is 16.4. The highest BCUT2D eigenvalue weighted by Crippen LogP contribution is 2.17. The number of carboxylic acids is 1. The molecule has 3 nitrogen and oxygen atoms in total. The molecule has 0 saturated heterocycles. The summed E-state index contributed by atoms with van der Waals surface area (Å²) in [6, 6.07) is 0. The molecule has 0 bridgehead atoms. The fourth-order valence-electron chi connectivity index (χ4n) is 5.37. The maximum Gasteiger partial charge on any atom is 0.0786 e. The minimum absolute atomic E-state index is 0.220. The molecule has 0 aliphatic carbocycles. The Kier molecular flexibility index (Phi) is 34.5. The summed E-state index contributed by atoms with van der Waals surface area (Å²) in [5.74, 6) is -0.914. The zero-order valence-electron chi connectivity index (χ0n) is 27.7. The highest BCUT2D eigenvalue weighted by Gasteiger charge is 2.24. The van der Waals surface area contributed by atoms with Crippen LogP contribution < -0.4 is 5.11 Å². The molecule has 234 valence electrons. The molecule has 0 aromatic rings. The van der Waals surface area contributed by atoms with Crippen LogP contribution in [0, 0.1) is 0 Å². The lowest BCUT2D eigenvalue weighted by Crippen LogP contribution is -2.50. The van der Waals surface area contributed by atoms with Crippen molar-refractivity contribution in [1.82, 2.24) is 0 Å². The molecule has 0 aliphatic heterocycles. The van der Waals surface area contributed by atoms with Crippen molar-refractivity contribution in [3.8, 4) is 0 Å². The number of hydrogen-bond acceptors (Lipinski definition) is 2. The molecule has 0 aromatic carbocycles. The van der Waals surface area contributed by atoms with E-state index in [0.717, 1.165) is 19.3 Å². The molecule has 0 amide bonds. The van der Waals surface area contributed by atoms with Gasteiger partial charge >= 0.3 is 0 Å². The molecule has 39 heavy (non-hydrogen) atoms. The molecule has 0 saturated carbocycles. The van der Waals surface area contributed by atoms with Gasteiger partial charge in [0.1, 0.15) is 0 Å². The minimum atomic E-state index is -0.914. The predicted octanol–water partition coefficient (Wildman–Crippen LogP) is 10.6. The number of carboxylic acid groups (broad SMARTS) is 1. The number of carbonyl (C=O) groups is 1. The van der Waals surface area contributed by atoms with Gasteiger partial charge in [-0.25, -0.2) is 0 Å². The molecule has 0 heterocycles. The van der Waals surface area contributed by atoms with Crippen LogP contribution in [0.15, 0.2) is 12.2 Å². The summed E-state index contributed by atoms with van der Waals surface area (Å²) in [7, 11) is 0. The van der Waals surface area contributed by atoms with E-state index in [-0.39, 0.29) is 6.42 Å². The van der Waals surface area contributed by atoms with Crippen LogP contribution in [0.5, 0.6) is 0 Å². The summed E-state index contributed by atoms with van der Waals surface area (Å²) >= 11 is 0. The van der Waals surface area contributed by atoms with Gasteiger partial charge in [0.2, 0.25) is 0 Å². The molecule has 0 radical (unpaired) electrons. The lowest BCUT2D eigenvalue weighted by Gasteiger charge is -2.39. The molecule has 0 rings (SSSR count). The Morgan fingerprint density at radius 3 is 1.21 bits per heavy atom. The first-order chi connectivity index (χ1) is 19.0. The van der Waals surface area contributed by atoms with Crippen LogP contribution in [-0.2, 0) is 4.79 Å². The van der Waals surface area contributed by atoms with Crippen molar-refractivity contribution >= 4 is 5.97 Å². The van der Waals surface area contributed by atoms with Crippen LogP contribution in [0.2, 0.25) is 0 Å². The maximum absolute atomic E-state index is 10.2. The zero-order valence-corrected chi connectivity index (χ0v) is 27.7. The quantitative estimate of drug-likeness (QED) is 0.0527. The first-order valence-electron chi connectivity index (χ1n) is 17.7. The number of nitrogens with zero attached hydrogens (tertiary/aromatic N) is 1. The Hall–Kier alpha value is -0.830. The number of quaternary nitrogens is 1. The molecule has 0 atom stereocenters. The van der Waals surface area contributed by atoms with E-state index in [2.05, 4.69) is 46.8 Å². The second-order valence-electron chi connectivity index (χ2n) is 12.1. The molecule has 0 fully saturated rings. The zero-order chi connectivity index (χ0) is 29.3. The van der Waals surface area contributed by atoms with Gasteiger partial charge in [0.05, 0.1) is 26.2 Å². The average molecular weight is 552 g/mol. The van der Waals surface area contributed by atoms with Gasteiger partial charge in [-0.05, 0) is 70.6 Å². The summed E-state index contributed by atoms with van der Waals surface area (Å²) in [6.45, 7) is 17.3. The van der Waals surface area contributed by atoms with Crippen LogP contribution in [0.25, 0.3) is 0 Å². The predicted molar refractivity (Wildman–Crippen MR) is 173 cm³/mol. The van der Waals surface area contributed by atoms with E-state index in [1.165, 1.54) is 159 Å². The van der Waals surface area contributed by atoms with E-state index in [4.69, 9.17) is 0 Å². The van der Waals surface area contributed by atoms with E-state index >= 15 is 0 Å². The monoisotopic (exact) mass is 552 g/mol. The summed E-state index contributed by atoms with van der Waals surface area (Å²) in [5, 5.41) is 10.2. The van der Waals surface area contributed by atoms with Gasteiger partial charge in [0, 0.05) is 5.97 Å². The van der Waals surface area contributed by atoms with Gasteiger partial charge in [0.15, 0.2) is 0 Å². The molecule has 0 aromatic heterocycles. The molecule has 0 N–H and O–H groups in total. The Labute approximate surface area is 247 Å². The van der Waals surface area contributed by atoms with Gasteiger partial charge in [0.25, 0.3) is 0 Å². The lowest BCUT2D eigenvalue weighted by molar-refractivity contribution is -0.929. The molecule has 3 heteroatoms. The number of unbranched alkanes of at least 4 members (excludes halogenated alkanes) is 17. The summed E-state index contributed by atoms with van der Waals surface area (Å²) in [5.41, 5.74) is 0. The van der Waals surface area contributed by atoms with Crippen molar-refractivity contribution in [3.63, 3.8) is 0 Å². The van der Waals surface area contributed by atoms with Gasteiger partial charge in [-0.2, -0.15) is 0 Å². The van der Waals surface area contributed by atoms with Gasteiger partial charge < -0.3 is 14.4 Å². The Balaban J connectivity index is 0. The van der Waals surface area contributed by atoms with E-state index in [9.17, 15) is 9.90 Å². The standard InChI is InChI=1S/C18H40N.C18H34O2/c1-5-9-13-14-18-19(15-10-6-2,16-11-7-3)17-12-8-4;1-2-3-4-5-6-7-8-9-10-11-12-13-14-15-16-17-18(19)20/h5-18H2,1-4H3;9-10H,2-8,11-17H2,1H3,(H,19,20)/q+1;/p-1/b;10-9-. The average Bonchev–Trinajstić information content (AvgIpc) is 2.94. The SMILES string of the molecule is CCCCCCCC/C=C\CCCCCCCC(=O)[O-].CCCCCC[N+](CCCC)(CCCC)CCCC. The highest BCUT2D eigenvalue weighted by molar-refractivity contribution is 5.64. The van der Waals surface area contributed by atoms with Crippen LogP contribution >= 0.6 is 0 Å². The van der Waals surface area contributed by atoms with Crippen LogP contribution in [-0.4, -0.2) is 36.6 Å². The number of allylic oxidation sites excluding steroid dienone is 2. The number of carbonyl (C=O) groups excluding carboxylic acids is 1. The third kappa shape index (κ3) is 31.6. The van der Waals surface area contributed by atoms with E-state index in [1.54, 1.807) is 0 Å². The first kappa shape index (κ1) is 40.3. The van der Waals surface area contributed by atoms with Crippen molar-refractivity contribution < 1.29 is 14.4 Å². The third-order valence-electron chi connectivity index (χ3n) is 8.09. The Morgan fingerprint density at radius 1 is 0.462 bits per heavy atom. The molecular formula is C36H73NO2. The van der Waals surface area contributed by atoms with Crippen LogP contribution in [0.1, 0.15) is 189 Å². The van der Waals surface area contributed by atoms with Crippen molar-refractivity contribution in [2.75, 3.05) is 26.2 Å². The van der Waals surface area contributed by atoms with Gasteiger partial charge in [-0.15, -0.1) is 0 Å². The van der Waals surface area contributed by atoms with Crippen LogP contribution in [0.3, 0.4) is 0 Å². The Bertz CT molecular complexity index is 481. The largest absolute Gasteiger partial charge is 0.550 e. The van der Waals surface area contributed by atoms with E-state index in [1.807, 2.05) is 0 Å².